The molecule has 0 saturated carbocycles. The van der Waals surface area contributed by atoms with Crippen LogP contribution in [0, 0.1) is 0 Å². The Kier molecular flexibility index (Phi) is 57.1. The molecule has 0 spiro atoms. The molecule has 590 valence electrons. The van der Waals surface area contributed by atoms with Gasteiger partial charge in [-0.2, -0.15) is 0 Å². The summed E-state index contributed by atoms with van der Waals surface area (Å²) in [5, 5.41) is 121. The van der Waals surface area contributed by atoms with Gasteiger partial charge in [-0.1, -0.05) is 297 Å². The van der Waals surface area contributed by atoms with Gasteiger partial charge in [0, 0.05) is 6.42 Å². The molecule has 1 amide bonds. The zero-order valence-corrected chi connectivity index (χ0v) is 63.1. The van der Waals surface area contributed by atoms with Crippen molar-refractivity contribution in [1.82, 2.24) is 5.32 Å². The summed E-state index contributed by atoms with van der Waals surface area (Å²) in [5.41, 5.74) is 0. The average Bonchev–Trinajstić information content (AvgIpc) is 0.781. The highest BCUT2D eigenvalue weighted by Crippen LogP contribution is 2.33. The van der Waals surface area contributed by atoms with Crippen LogP contribution in [0.2, 0.25) is 0 Å². The van der Waals surface area contributed by atoms with Crippen molar-refractivity contribution in [3.05, 3.63) is 97.2 Å². The van der Waals surface area contributed by atoms with Crippen molar-refractivity contribution in [2.24, 2.45) is 0 Å². The topological polar surface area (TPSA) is 307 Å². The van der Waals surface area contributed by atoms with Gasteiger partial charge in [0.2, 0.25) is 5.91 Å². The maximum atomic E-state index is 13.5. The number of aliphatic hydroxyl groups is 11. The monoisotopic (exact) mass is 1440 g/mol. The molecule has 12 N–H and O–H groups in total. The lowest BCUT2D eigenvalue weighted by molar-refractivity contribution is -0.379. The number of hydrogen-bond acceptors (Lipinski definition) is 18. The Morgan fingerprint density at radius 1 is 0.363 bits per heavy atom. The minimum absolute atomic E-state index is 0.230. The molecule has 0 aromatic heterocycles. The van der Waals surface area contributed by atoms with Crippen molar-refractivity contribution in [1.29, 1.82) is 0 Å². The third kappa shape index (κ3) is 42.3. The SMILES string of the molecule is CC/C=C\C/C=C\C/C=C\C/C=C\C/C=C\C/C=C\CCCCCCCCCCCCCCCCC(=O)NC(COC1OC(CO)C(OC2OC(CO)C(OC3OC(CO)C(O)C(O)C3O)C(O)C2O)C(O)C1O)C(O)/C=C/CC/C=C/CCCCCCCCCCCCCCCCCCCC. The first-order valence-electron chi connectivity index (χ1n) is 40.5. The quantitative estimate of drug-likeness (QED) is 0.0199. The van der Waals surface area contributed by atoms with E-state index in [0.29, 0.717) is 12.8 Å². The molecule has 3 aliphatic rings. The predicted octanol–water partition coefficient (Wildman–Crippen LogP) is 13.6. The molecule has 17 atom stereocenters. The van der Waals surface area contributed by atoms with Gasteiger partial charge in [-0.25, -0.2) is 0 Å². The van der Waals surface area contributed by atoms with Crippen LogP contribution < -0.4 is 5.32 Å². The van der Waals surface area contributed by atoms with Crippen LogP contribution in [0.25, 0.3) is 0 Å². The Labute approximate surface area is 615 Å². The highest BCUT2D eigenvalue weighted by Gasteiger charge is 2.54. The zero-order valence-electron chi connectivity index (χ0n) is 63.1. The van der Waals surface area contributed by atoms with E-state index in [1.807, 2.05) is 6.08 Å². The maximum Gasteiger partial charge on any atom is 0.220 e. The summed E-state index contributed by atoms with van der Waals surface area (Å²) in [7, 11) is 0. The smallest absolute Gasteiger partial charge is 0.220 e. The van der Waals surface area contributed by atoms with E-state index < -0.39 is 124 Å². The molecule has 0 radical (unpaired) electrons. The highest BCUT2D eigenvalue weighted by atomic mass is 16.8. The van der Waals surface area contributed by atoms with E-state index in [0.717, 1.165) is 83.5 Å². The van der Waals surface area contributed by atoms with E-state index >= 15 is 0 Å². The lowest BCUT2D eigenvalue weighted by Gasteiger charge is -2.48. The minimum Gasteiger partial charge on any atom is -0.394 e. The molecule has 102 heavy (non-hydrogen) atoms. The summed E-state index contributed by atoms with van der Waals surface area (Å²) in [6.07, 6.45) is 58.2. The standard InChI is InChI=1S/C83H145NO18/c1-3-5-7-9-11-13-15-17-19-21-23-25-27-29-30-31-32-33-34-35-36-37-39-41-43-45-47-49-51-53-55-57-59-61-71(89)84-66(67(88)60-58-56-54-52-50-48-46-44-42-40-38-28-26-24-22-20-18-16-14-12-10-8-6-4-2)65-97-81-77(95)74(92)79(69(63-86)99-81)102-83-78(96)75(93)80(70(64-87)100-83)101-82-76(94)73(91)72(90)68(62-85)98-82/h5,7,11,13,17,19,23,25,29-30,32-33,50,52,58,60,66-70,72-83,85-88,90-96H,3-4,6,8-10,12,14-16,18,20-22,24,26-28,31,34-49,51,53-57,59,61-65H2,1-2H3,(H,84,89)/b7-5-,13-11-,19-17-,25-23-,30-29-,33-32-,52-50+,60-58+. The van der Waals surface area contributed by atoms with E-state index in [1.54, 1.807) is 6.08 Å². The van der Waals surface area contributed by atoms with Gasteiger partial charge in [-0.05, 0) is 83.5 Å². The summed E-state index contributed by atoms with van der Waals surface area (Å²) in [6.45, 7) is 1.63. The van der Waals surface area contributed by atoms with Crippen LogP contribution in [0.5, 0.6) is 0 Å². The van der Waals surface area contributed by atoms with E-state index in [1.165, 1.54) is 173 Å². The van der Waals surface area contributed by atoms with Crippen LogP contribution in [0.15, 0.2) is 97.2 Å². The Balaban J connectivity index is 1.38. The number of unbranched alkanes of at least 4 members (excludes halogenated alkanes) is 33. The maximum absolute atomic E-state index is 13.5. The zero-order chi connectivity index (χ0) is 73.9. The molecule has 3 fully saturated rings. The Morgan fingerprint density at radius 2 is 0.686 bits per heavy atom. The van der Waals surface area contributed by atoms with E-state index in [-0.39, 0.29) is 18.9 Å². The fraction of sp³-hybridized carbons (Fsp3) is 0.795. The van der Waals surface area contributed by atoms with Gasteiger partial charge in [-0.3, -0.25) is 4.79 Å². The number of carbonyl (C=O) groups excluding carboxylic acids is 1. The van der Waals surface area contributed by atoms with Gasteiger partial charge in [0.1, 0.15) is 73.2 Å². The van der Waals surface area contributed by atoms with Crippen LogP contribution in [0.4, 0.5) is 0 Å². The van der Waals surface area contributed by atoms with Crippen molar-refractivity contribution < 1.29 is 89.4 Å². The van der Waals surface area contributed by atoms with Crippen molar-refractivity contribution >= 4 is 5.91 Å². The van der Waals surface area contributed by atoms with Gasteiger partial charge in [-0.15, -0.1) is 0 Å². The van der Waals surface area contributed by atoms with Crippen molar-refractivity contribution in [2.45, 2.75) is 394 Å². The van der Waals surface area contributed by atoms with E-state index in [2.05, 4.69) is 104 Å². The summed E-state index contributed by atoms with van der Waals surface area (Å²) < 4.78 is 34.4. The number of allylic oxidation sites excluding steroid dienone is 15. The Hall–Kier alpha value is -3.29. The minimum atomic E-state index is -1.99. The molecule has 19 nitrogen and oxygen atoms in total. The first kappa shape index (κ1) is 92.9. The van der Waals surface area contributed by atoms with Gasteiger partial charge in [0.25, 0.3) is 0 Å². The summed E-state index contributed by atoms with van der Waals surface area (Å²) in [5.74, 6) is -0.287. The van der Waals surface area contributed by atoms with Crippen LogP contribution >= 0.6 is 0 Å². The van der Waals surface area contributed by atoms with E-state index in [4.69, 9.17) is 28.4 Å². The second-order valence-corrected chi connectivity index (χ2v) is 28.5. The predicted molar refractivity (Wildman–Crippen MR) is 406 cm³/mol. The molecule has 0 bridgehead atoms. The molecule has 0 aromatic rings. The number of amides is 1. The Bertz CT molecular complexity index is 2220. The molecular weight excluding hydrogens is 1300 g/mol. The highest BCUT2D eigenvalue weighted by molar-refractivity contribution is 5.76. The van der Waals surface area contributed by atoms with Crippen LogP contribution in [-0.2, 0) is 33.2 Å². The number of hydrogen-bond donors (Lipinski definition) is 12. The molecule has 0 aromatic carbocycles. The number of carbonyl (C=O) groups is 1. The molecule has 19 heteroatoms. The van der Waals surface area contributed by atoms with Crippen molar-refractivity contribution in [2.75, 3.05) is 26.4 Å². The second kappa shape index (κ2) is 62.7. The Morgan fingerprint density at radius 3 is 1.10 bits per heavy atom. The van der Waals surface area contributed by atoms with Crippen LogP contribution in [-0.4, -0.2) is 193 Å². The third-order valence-electron chi connectivity index (χ3n) is 19.6. The number of aliphatic hydroxyl groups excluding tert-OH is 11. The molecule has 0 aliphatic carbocycles. The summed E-state index contributed by atoms with van der Waals surface area (Å²) in [4.78, 5) is 13.5. The third-order valence-corrected chi connectivity index (χ3v) is 19.6. The first-order chi connectivity index (χ1) is 49.8. The van der Waals surface area contributed by atoms with Crippen LogP contribution in [0.3, 0.4) is 0 Å². The van der Waals surface area contributed by atoms with Crippen molar-refractivity contribution in [3.63, 3.8) is 0 Å². The van der Waals surface area contributed by atoms with Gasteiger partial charge in [0.15, 0.2) is 18.9 Å². The molecule has 3 heterocycles. The van der Waals surface area contributed by atoms with Gasteiger partial charge >= 0.3 is 0 Å². The van der Waals surface area contributed by atoms with E-state index in [9.17, 15) is 61.0 Å². The number of rotatable bonds is 63. The molecular formula is C83H145NO18. The summed E-state index contributed by atoms with van der Waals surface area (Å²) in [6, 6.07) is -0.997. The first-order valence-corrected chi connectivity index (χ1v) is 40.5. The normalized spacial score (nSPS) is 26.7. The fourth-order valence-corrected chi connectivity index (χ4v) is 13.2. The lowest BCUT2D eigenvalue weighted by atomic mass is 9.96. The fourth-order valence-electron chi connectivity index (χ4n) is 13.2. The van der Waals surface area contributed by atoms with Crippen LogP contribution in [0.1, 0.15) is 290 Å². The average molecular weight is 1450 g/mol. The summed E-state index contributed by atoms with van der Waals surface area (Å²) >= 11 is 0. The number of nitrogens with one attached hydrogen (secondary N) is 1. The van der Waals surface area contributed by atoms with Gasteiger partial charge < -0.3 is 89.9 Å². The van der Waals surface area contributed by atoms with Crippen molar-refractivity contribution in [3.8, 4) is 0 Å². The van der Waals surface area contributed by atoms with Gasteiger partial charge in [0.05, 0.1) is 38.6 Å². The molecule has 3 saturated heterocycles. The molecule has 3 rings (SSSR count). The number of ether oxygens (including phenoxy) is 6. The largest absolute Gasteiger partial charge is 0.394 e. The lowest BCUT2D eigenvalue weighted by Crippen LogP contribution is -2.66. The molecule has 17 unspecified atom stereocenters. The second-order valence-electron chi connectivity index (χ2n) is 28.5. The molecule has 3 aliphatic heterocycles.